The molecule has 0 radical (unpaired) electrons. The van der Waals surface area contributed by atoms with Crippen molar-refractivity contribution in [3.05, 3.63) is 51.5 Å². The number of benzene rings is 1. The lowest BCUT2D eigenvalue weighted by Gasteiger charge is -1.98. The highest BCUT2D eigenvalue weighted by Gasteiger charge is 2.15. The third-order valence-corrected chi connectivity index (χ3v) is 3.97. The smallest absolute Gasteiger partial charge is 0.350 e. The lowest BCUT2D eigenvalue weighted by Crippen LogP contribution is -2.03. The fraction of sp³-hybridized carbons (Fsp3) is 0.333. The molecule has 3 nitrogen and oxygen atoms in total. The second-order valence-corrected chi connectivity index (χ2v) is 5.31. The van der Waals surface area contributed by atoms with Crippen molar-refractivity contribution in [1.82, 2.24) is 4.98 Å². The molecule has 2 rings (SSSR count). The molecule has 0 saturated carbocycles. The standard InChI is InChI=1S/C15H17NO2S/c1-3-18-15(17)14-11(2)16-13(19-14)10-9-12-7-5-4-6-8-12/h4-8H,3,9-10H2,1-2H3. The SMILES string of the molecule is CCOC(=O)c1sc(CCc2ccccc2)nc1C. The van der Waals surface area contributed by atoms with Crippen molar-refractivity contribution < 1.29 is 9.53 Å². The van der Waals surface area contributed by atoms with E-state index < -0.39 is 0 Å². The molecule has 0 unspecified atom stereocenters. The molecule has 19 heavy (non-hydrogen) atoms. The second kappa shape index (κ2) is 6.48. The van der Waals surface area contributed by atoms with Crippen molar-refractivity contribution in [2.45, 2.75) is 26.7 Å². The maximum Gasteiger partial charge on any atom is 0.350 e. The third-order valence-electron chi connectivity index (χ3n) is 2.77. The van der Waals surface area contributed by atoms with Crippen LogP contribution >= 0.6 is 11.3 Å². The maximum atomic E-state index is 11.7. The quantitative estimate of drug-likeness (QED) is 0.785. The van der Waals surface area contributed by atoms with Crippen LogP contribution in [0.2, 0.25) is 0 Å². The van der Waals surface area contributed by atoms with E-state index in [4.69, 9.17) is 4.74 Å². The molecule has 100 valence electrons. The Kier molecular flexibility index (Phi) is 4.68. The van der Waals surface area contributed by atoms with Gasteiger partial charge in [0.1, 0.15) is 4.88 Å². The number of aryl methyl sites for hydroxylation is 3. The number of thiazole rings is 1. The summed E-state index contributed by atoms with van der Waals surface area (Å²) in [6.07, 6.45) is 1.80. The maximum absolute atomic E-state index is 11.7. The number of hydrogen-bond acceptors (Lipinski definition) is 4. The Hall–Kier alpha value is -1.68. The summed E-state index contributed by atoms with van der Waals surface area (Å²) >= 11 is 1.44. The van der Waals surface area contributed by atoms with Gasteiger partial charge in [-0.15, -0.1) is 11.3 Å². The van der Waals surface area contributed by atoms with Crippen molar-refractivity contribution >= 4 is 17.3 Å². The van der Waals surface area contributed by atoms with E-state index in [2.05, 4.69) is 17.1 Å². The lowest BCUT2D eigenvalue weighted by atomic mass is 10.1. The van der Waals surface area contributed by atoms with E-state index in [-0.39, 0.29) is 5.97 Å². The summed E-state index contributed by atoms with van der Waals surface area (Å²) in [6, 6.07) is 10.3. The first-order valence-corrected chi connectivity index (χ1v) is 7.19. The van der Waals surface area contributed by atoms with Crippen molar-refractivity contribution in [1.29, 1.82) is 0 Å². The number of aromatic nitrogens is 1. The first kappa shape index (κ1) is 13.7. The second-order valence-electron chi connectivity index (χ2n) is 4.23. The molecule has 1 aromatic carbocycles. The van der Waals surface area contributed by atoms with Crippen LogP contribution in [0.4, 0.5) is 0 Å². The third kappa shape index (κ3) is 3.64. The zero-order chi connectivity index (χ0) is 13.7. The highest BCUT2D eigenvalue weighted by atomic mass is 32.1. The minimum Gasteiger partial charge on any atom is -0.462 e. The Labute approximate surface area is 117 Å². The first-order chi connectivity index (χ1) is 9.20. The van der Waals surface area contributed by atoms with E-state index in [1.807, 2.05) is 32.0 Å². The van der Waals surface area contributed by atoms with Gasteiger partial charge in [0.25, 0.3) is 0 Å². The van der Waals surface area contributed by atoms with Crippen molar-refractivity contribution in [2.24, 2.45) is 0 Å². The molecule has 0 aliphatic carbocycles. The Morgan fingerprint density at radius 1 is 1.26 bits per heavy atom. The van der Waals surface area contributed by atoms with Crippen molar-refractivity contribution in [2.75, 3.05) is 6.61 Å². The predicted octanol–water partition coefficient (Wildman–Crippen LogP) is 3.41. The van der Waals surface area contributed by atoms with Gasteiger partial charge in [0, 0.05) is 6.42 Å². The van der Waals surface area contributed by atoms with Crippen LogP contribution in [0, 0.1) is 6.92 Å². The topological polar surface area (TPSA) is 39.2 Å². The van der Waals surface area contributed by atoms with Gasteiger partial charge in [-0.1, -0.05) is 30.3 Å². The molecule has 4 heteroatoms. The average molecular weight is 275 g/mol. The van der Waals surface area contributed by atoms with Gasteiger partial charge in [-0.2, -0.15) is 0 Å². The summed E-state index contributed by atoms with van der Waals surface area (Å²) in [4.78, 5) is 16.8. The fourth-order valence-corrected chi connectivity index (χ4v) is 2.80. The van der Waals surface area contributed by atoms with Gasteiger partial charge < -0.3 is 4.74 Å². The van der Waals surface area contributed by atoms with Crippen LogP contribution in [0.25, 0.3) is 0 Å². The van der Waals surface area contributed by atoms with E-state index in [0.717, 1.165) is 23.5 Å². The summed E-state index contributed by atoms with van der Waals surface area (Å²) in [7, 11) is 0. The molecule has 0 atom stereocenters. The van der Waals surface area contributed by atoms with E-state index in [1.165, 1.54) is 16.9 Å². The van der Waals surface area contributed by atoms with Crippen LogP contribution in [-0.4, -0.2) is 17.6 Å². The number of carbonyl (C=O) groups excluding carboxylic acids is 1. The lowest BCUT2D eigenvalue weighted by molar-refractivity contribution is 0.0531. The molecule has 0 bridgehead atoms. The first-order valence-electron chi connectivity index (χ1n) is 6.38. The number of rotatable bonds is 5. The number of carbonyl (C=O) groups is 1. The average Bonchev–Trinajstić information content (AvgIpc) is 2.79. The van der Waals surface area contributed by atoms with Gasteiger partial charge in [0.05, 0.1) is 17.3 Å². The number of ether oxygens (including phenoxy) is 1. The summed E-state index contributed by atoms with van der Waals surface area (Å²) < 4.78 is 5.02. The zero-order valence-corrected chi connectivity index (χ0v) is 12.0. The highest BCUT2D eigenvalue weighted by molar-refractivity contribution is 7.13. The highest BCUT2D eigenvalue weighted by Crippen LogP contribution is 2.20. The molecule has 1 aromatic heterocycles. The van der Waals surface area contributed by atoms with Crippen LogP contribution in [0.3, 0.4) is 0 Å². The zero-order valence-electron chi connectivity index (χ0n) is 11.2. The molecular weight excluding hydrogens is 258 g/mol. The molecule has 0 aliphatic heterocycles. The molecule has 2 aromatic rings. The van der Waals surface area contributed by atoms with E-state index in [9.17, 15) is 4.79 Å². The Morgan fingerprint density at radius 2 is 2.00 bits per heavy atom. The molecule has 1 heterocycles. The molecule has 0 N–H and O–H groups in total. The molecule has 0 spiro atoms. The van der Waals surface area contributed by atoms with Gasteiger partial charge in [-0.3, -0.25) is 0 Å². The Balaban J connectivity index is 2.02. The minimum atomic E-state index is -0.261. The molecule has 0 saturated heterocycles. The number of esters is 1. The van der Waals surface area contributed by atoms with E-state index in [0.29, 0.717) is 11.5 Å². The summed E-state index contributed by atoms with van der Waals surface area (Å²) in [5, 5.41) is 0.990. The van der Waals surface area contributed by atoms with Crippen LogP contribution in [-0.2, 0) is 17.6 Å². The van der Waals surface area contributed by atoms with Crippen molar-refractivity contribution in [3.63, 3.8) is 0 Å². The van der Waals surface area contributed by atoms with Crippen LogP contribution in [0.15, 0.2) is 30.3 Å². The largest absolute Gasteiger partial charge is 0.462 e. The number of nitrogens with zero attached hydrogens (tertiary/aromatic N) is 1. The number of hydrogen-bond donors (Lipinski definition) is 0. The van der Waals surface area contributed by atoms with Gasteiger partial charge >= 0.3 is 5.97 Å². The van der Waals surface area contributed by atoms with Crippen LogP contribution in [0.1, 0.15) is 32.9 Å². The van der Waals surface area contributed by atoms with E-state index in [1.54, 1.807) is 0 Å². The van der Waals surface area contributed by atoms with Gasteiger partial charge in [0.15, 0.2) is 0 Å². The fourth-order valence-electron chi connectivity index (χ4n) is 1.84. The van der Waals surface area contributed by atoms with Gasteiger partial charge in [-0.25, -0.2) is 9.78 Å². The molecular formula is C15H17NO2S. The van der Waals surface area contributed by atoms with E-state index >= 15 is 0 Å². The Bertz CT molecular complexity index is 549. The Morgan fingerprint density at radius 3 is 2.68 bits per heavy atom. The summed E-state index contributed by atoms with van der Waals surface area (Å²) in [5.41, 5.74) is 2.06. The molecule has 0 aliphatic rings. The molecule has 0 fully saturated rings. The van der Waals surface area contributed by atoms with Gasteiger partial charge in [0.2, 0.25) is 0 Å². The normalized spacial score (nSPS) is 10.4. The predicted molar refractivity (Wildman–Crippen MR) is 76.7 cm³/mol. The van der Waals surface area contributed by atoms with Crippen LogP contribution < -0.4 is 0 Å². The summed E-state index contributed by atoms with van der Waals surface area (Å²) in [6.45, 7) is 4.06. The molecule has 0 amide bonds. The van der Waals surface area contributed by atoms with Crippen LogP contribution in [0.5, 0.6) is 0 Å². The monoisotopic (exact) mass is 275 g/mol. The summed E-state index contributed by atoms with van der Waals surface area (Å²) in [5.74, 6) is -0.261. The minimum absolute atomic E-state index is 0.261. The van der Waals surface area contributed by atoms with Gasteiger partial charge in [-0.05, 0) is 25.8 Å². The van der Waals surface area contributed by atoms with Crippen molar-refractivity contribution in [3.8, 4) is 0 Å².